The van der Waals surface area contributed by atoms with Crippen molar-refractivity contribution in [3.8, 4) is 5.75 Å². The standard InChI is InChI=1S/C13H17NO2/c1-2-3-4-5-10-16-12-8-6-11(7-9-12)13(14)15/h2,6-9H,1,3-5,10H2,(H2,14,15). The zero-order valence-corrected chi connectivity index (χ0v) is 9.32. The smallest absolute Gasteiger partial charge is 0.248 e. The van der Waals surface area contributed by atoms with Crippen LogP contribution in [0.25, 0.3) is 0 Å². The van der Waals surface area contributed by atoms with Crippen LogP contribution in [0.4, 0.5) is 0 Å². The lowest BCUT2D eigenvalue weighted by Crippen LogP contribution is -2.10. The van der Waals surface area contributed by atoms with Gasteiger partial charge in [0.05, 0.1) is 6.61 Å². The van der Waals surface area contributed by atoms with E-state index >= 15 is 0 Å². The van der Waals surface area contributed by atoms with Gasteiger partial charge in [0.15, 0.2) is 0 Å². The Morgan fingerprint density at radius 3 is 2.56 bits per heavy atom. The SMILES string of the molecule is C=CCCCCOc1ccc(C(N)=O)cc1. The van der Waals surface area contributed by atoms with Crippen LogP contribution in [0.15, 0.2) is 36.9 Å². The Morgan fingerprint density at radius 2 is 2.00 bits per heavy atom. The van der Waals surface area contributed by atoms with Gasteiger partial charge in [0, 0.05) is 5.56 Å². The molecule has 0 unspecified atom stereocenters. The molecule has 1 aromatic rings. The van der Waals surface area contributed by atoms with Gasteiger partial charge in [-0.25, -0.2) is 0 Å². The van der Waals surface area contributed by atoms with E-state index in [2.05, 4.69) is 6.58 Å². The molecule has 0 aliphatic heterocycles. The Balaban J connectivity index is 2.32. The lowest BCUT2D eigenvalue weighted by Gasteiger charge is -2.05. The van der Waals surface area contributed by atoms with Gasteiger partial charge in [-0.05, 0) is 43.5 Å². The first-order chi connectivity index (χ1) is 7.74. The van der Waals surface area contributed by atoms with Crippen molar-refractivity contribution in [2.24, 2.45) is 5.73 Å². The molecule has 16 heavy (non-hydrogen) atoms. The highest BCUT2D eigenvalue weighted by atomic mass is 16.5. The van der Waals surface area contributed by atoms with Crippen molar-refractivity contribution in [3.63, 3.8) is 0 Å². The monoisotopic (exact) mass is 219 g/mol. The number of primary amides is 1. The number of carbonyl (C=O) groups is 1. The predicted octanol–water partition coefficient (Wildman–Crippen LogP) is 2.52. The number of allylic oxidation sites excluding steroid dienone is 1. The minimum Gasteiger partial charge on any atom is -0.494 e. The van der Waals surface area contributed by atoms with Gasteiger partial charge in [0.1, 0.15) is 5.75 Å². The Kier molecular flexibility index (Phi) is 5.12. The quantitative estimate of drug-likeness (QED) is 0.566. The highest BCUT2D eigenvalue weighted by Gasteiger charge is 1.99. The van der Waals surface area contributed by atoms with E-state index in [9.17, 15) is 4.79 Å². The number of hydrogen-bond acceptors (Lipinski definition) is 2. The van der Waals surface area contributed by atoms with Crippen LogP contribution in [0.5, 0.6) is 5.75 Å². The first-order valence-corrected chi connectivity index (χ1v) is 5.37. The van der Waals surface area contributed by atoms with Crippen molar-refractivity contribution < 1.29 is 9.53 Å². The summed E-state index contributed by atoms with van der Waals surface area (Å²) in [7, 11) is 0. The highest BCUT2D eigenvalue weighted by Crippen LogP contribution is 2.12. The molecule has 0 spiro atoms. The van der Waals surface area contributed by atoms with Gasteiger partial charge in [-0.2, -0.15) is 0 Å². The third-order valence-electron chi connectivity index (χ3n) is 2.21. The molecule has 0 fully saturated rings. The fraction of sp³-hybridized carbons (Fsp3) is 0.308. The second-order valence-electron chi connectivity index (χ2n) is 3.52. The zero-order chi connectivity index (χ0) is 11.8. The van der Waals surface area contributed by atoms with E-state index in [1.165, 1.54) is 0 Å². The number of benzene rings is 1. The van der Waals surface area contributed by atoms with Crippen LogP contribution in [0.1, 0.15) is 29.6 Å². The van der Waals surface area contributed by atoms with E-state index in [4.69, 9.17) is 10.5 Å². The molecule has 1 aromatic carbocycles. The number of nitrogens with two attached hydrogens (primary N) is 1. The van der Waals surface area contributed by atoms with E-state index in [1.54, 1.807) is 24.3 Å². The van der Waals surface area contributed by atoms with Gasteiger partial charge < -0.3 is 10.5 Å². The van der Waals surface area contributed by atoms with Gasteiger partial charge in [-0.1, -0.05) is 6.08 Å². The number of carbonyl (C=O) groups excluding carboxylic acids is 1. The van der Waals surface area contributed by atoms with Crippen LogP contribution in [-0.2, 0) is 0 Å². The summed E-state index contributed by atoms with van der Waals surface area (Å²) in [5.41, 5.74) is 5.63. The van der Waals surface area contributed by atoms with Crippen molar-refractivity contribution in [2.45, 2.75) is 19.3 Å². The number of amides is 1. The van der Waals surface area contributed by atoms with E-state index in [0.717, 1.165) is 25.0 Å². The number of rotatable bonds is 7. The van der Waals surface area contributed by atoms with Crippen molar-refractivity contribution in [2.75, 3.05) is 6.61 Å². The molecule has 1 amide bonds. The molecular weight excluding hydrogens is 202 g/mol. The van der Waals surface area contributed by atoms with E-state index < -0.39 is 5.91 Å². The van der Waals surface area contributed by atoms with E-state index in [1.807, 2.05) is 6.08 Å². The summed E-state index contributed by atoms with van der Waals surface area (Å²) in [6.45, 7) is 4.34. The Morgan fingerprint density at radius 1 is 1.31 bits per heavy atom. The normalized spacial score (nSPS) is 9.75. The fourth-order valence-electron chi connectivity index (χ4n) is 1.30. The summed E-state index contributed by atoms with van der Waals surface area (Å²) in [5.74, 6) is 0.348. The highest BCUT2D eigenvalue weighted by molar-refractivity contribution is 5.92. The Hall–Kier alpha value is -1.77. The topological polar surface area (TPSA) is 52.3 Å². The molecule has 86 valence electrons. The largest absolute Gasteiger partial charge is 0.494 e. The van der Waals surface area contributed by atoms with Crippen molar-refractivity contribution in [3.05, 3.63) is 42.5 Å². The Bertz CT molecular complexity index is 343. The van der Waals surface area contributed by atoms with Crippen LogP contribution in [0, 0.1) is 0 Å². The van der Waals surface area contributed by atoms with Crippen LogP contribution in [0.2, 0.25) is 0 Å². The molecule has 2 N–H and O–H groups in total. The average molecular weight is 219 g/mol. The van der Waals surface area contributed by atoms with Crippen molar-refractivity contribution in [1.82, 2.24) is 0 Å². The lowest BCUT2D eigenvalue weighted by atomic mass is 10.2. The maximum absolute atomic E-state index is 10.8. The first-order valence-electron chi connectivity index (χ1n) is 5.37. The summed E-state index contributed by atoms with van der Waals surface area (Å²) in [6.07, 6.45) is 5.01. The molecule has 0 aliphatic rings. The van der Waals surface area contributed by atoms with Gasteiger partial charge in [0.25, 0.3) is 0 Å². The molecule has 0 aliphatic carbocycles. The molecule has 0 atom stereocenters. The Labute approximate surface area is 95.9 Å². The van der Waals surface area contributed by atoms with Crippen LogP contribution >= 0.6 is 0 Å². The maximum Gasteiger partial charge on any atom is 0.248 e. The molecule has 1 rings (SSSR count). The summed E-state index contributed by atoms with van der Waals surface area (Å²) in [4.78, 5) is 10.8. The minimum absolute atomic E-state index is 0.419. The van der Waals surface area contributed by atoms with Crippen LogP contribution in [0.3, 0.4) is 0 Å². The zero-order valence-electron chi connectivity index (χ0n) is 9.32. The molecule has 3 nitrogen and oxygen atoms in total. The molecule has 3 heteroatoms. The second kappa shape index (κ2) is 6.67. The molecule has 0 bridgehead atoms. The van der Waals surface area contributed by atoms with Crippen molar-refractivity contribution >= 4 is 5.91 Å². The van der Waals surface area contributed by atoms with Crippen LogP contribution < -0.4 is 10.5 Å². The number of unbranched alkanes of at least 4 members (excludes halogenated alkanes) is 2. The summed E-state index contributed by atoms with van der Waals surface area (Å²) in [5, 5.41) is 0. The summed E-state index contributed by atoms with van der Waals surface area (Å²) >= 11 is 0. The average Bonchev–Trinajstić information content (AvgIpc) is 2.29. The van der Waals surface area contributed by atoms with E-state index in [-0.39, 0.29) is 0 Å². The predicted molar refractivity (Wildman–Crippen MR) is 64.5 cm³/mol. The van der Waals surface area contributed by atoms with Gasteiger partial charge in [-0.3, -0.25) is 4.79 Å². The molecule has 0 heterocycles. The first kappa shape index (κ1) is 12.3. The molecule has 0 saturated carbocycles. The van der Waals surface area contributed by atoms with E-state index in [0.29, 0.717) is 12.2 Å². The lowest BCUT2D eigenvalue weighted by molar-refractivity contribution is 0.100. The molecule has 0 saturated heterocycles. The third kappa shape index (κ3) is 4.17. The van der Waals surface area contributed by atoms with Crippen LogP contribution in [-0.4, -0.2) is 12.5 Å². The van der Waals surface area contributed by atoms with Gasteiger partial charge in [0.2, 0.25) is 5.91 Å². The minimum atomic E-state index is -0.419. The molecule has 0 aromatic heterocycles. The maximum atomic E-state index is 10.8. The fourth-order valence-corrected chi connectivity index (χ4v) is 1.30. The second-order valence-corrected chi connectivity index (χ2v) is 3.52. The number of hydrogen-bond donors (Lipinski definition) is 1. The van der Waals surface area contributed by atoms with Gasteiger partial charge in [-0.15, -0.1) is 6.58 Å². The summed E-state index contributed by atoms with van der Waals surface area (Å²) in [6, 6.07) is 6.85. The van der Waals surface area contributed by atoms with Gasteiger partial charge >= 0.3 is 0 Å². The third-order valence-corrected chi connectivity index (χ3v) is 2.21. The molecular formula is C13H17NO2. The number of ether oxygens (including phenoxy) is 1. The summed E-state index contributed by atoms with van der Waals surface area (Å²) < 4.78 is 5.50. The van der Waals surface area contributed by atoms with Crippen molar-refractivity contribution in [1.29, 1.82) is 0 Å². The molecule has 0 radical (unpaired) electrons.